The smallest absolute Gasteiger partial charge is 0.264 e. The molecule has 35 heavy (non-hydrogen) atoms. The summed E-state index contributed by atoms with van der Waals surface area (Å²) < 4.78 is 10.9. The Morgan fingerprint density at radius 1 is 1.03 bits per heavy atom. The third-order valence-electron chi connectivity index (χ3n) is 6.75. The molecule has 0 bridgehead atoms. The fraction of sp³-hybridized carbons (Fsp3) is 0.625. The molecule has 11 nitrogen and oxygen atoms in total. The van der Waals surface area contributed by atoms with Crippen molar-refractivity contribution < 1.29 is 29.0 Å². The molecule has 0 spiro atoms. The molecule has 2 atom stereocenters. The van der Waals surface area contributed by atoms with Crippen LogP contribution in [0.5, 0.6) is 0 Å². The van der Waals surface area contributed by atoms with E-state index in [2.05, 4.69) is 15.5 Å². The number of rotatable bonds is 11. The lowest BCUT2D eigenvalue weighted by molar-refractivity contribution is -0.129. The van der Waals surface area contributed by atoms with Crippen molar-refractivity contribution in [2.75, 3.05) is 57.9 Å². The Morgan fingerprint density at radius 3 is 2.49 bits per heavy atom. The van der Waals surface area contributed by atoms with Crippen LogP contribution in [0.4, 0.5) is 5.69 Å². The largest absolute Gasteiger partial charge is 0.382 e. The molecule has 3 amide bonds. The maximum absolute atomic E-state index is 13.3. The average molecular weight is 490 g/mol. The molecule has 2 unspecified atom stereocenters. The Morgan fingerprint density at radius 2 is 1.77 bits per heavy atom. The van der Waals surface area contributed by atoms with E-state index < -0.39 is 24.1 Å². The van der Waals surface area contributed by atoms with Crippen LogP contribution in [-0.4, -0.2) is 104 Å². The number of amides is 3. The molecule has 2 fully saturated rings. The van der Waals surface area contributed by atoms with E-state index in [4.69, 9.17) is 15.2 Å². The summed E-state index contributed by atoms with van der Waals surface area (Å²) in [5, 5.41) is 16.2. The van der Waals surface area contributed by atoms with Crippen molar-refractivity contribution in [3.05, 3.63) is 29.3 Å². The second kappa shape index (κ2) is 11.9. The Balaban J connectivity index is 1.29. The predicted octanol–water partition coefficient (Wildman–Crippen LogP) is -0.252. The highest BCUT2D eigenvalue weighted by Gasteiger charge is 2.45. The maximum atomic E-state index is 13.3. The number of hydrogen-bond donors (Lipinski definition) is 4. The van der Waals surface area contributed by atoms with Crippen molar-refractivity contribution in [2.24, 2.45) is 5.73 Å². The quantitative estimate of drug-likeness (QED) is 0.244. The van der Waals surface area contributed by atoms with Gasteiger partial charge in [0.2, 0.25) is 5.91 Å². The molecule has 3 aliphatic rings. The normalized spacial score (nSPS) is 23.5. The summed E-state index contributed by atoms with van der Waals surface area (Å²) in [6.07, 6.45) is 0.947. The van der Waals surface area contributed by atoms with Gasteiger partial charge in [0.25, 0.3) is 11.8 Å². The summed E-state index contributed by atoms with van der Waals surface area (Å²) >= 11 is 0. The Labute approximate surface area is 204 Å². The third-order valence-corrected chi connectivity index (χ3v) is 6.75. The number of nitrogens with one attached hydrogen (secondary N) is 2. The van der Waals surface area contributed by atoms with E-state index in [0.717, 1.165) is 37.4 Å². The van der Waals surface area contributed by atoms with Gasteiger partial charge in [-0.25, -0.2) is 0 Å². The number of fused-ring (bicyclic) bond motifs is 1. The molecule has 0 aliphatic carbocycles. The fourth-order valence-electron chi connectivity index (χ4n) is 4.89. The number of hydrogen-bond acceptors (Lipinski definition) is 9. The lowest BCUT2D eigenvalue weighted by Crippen LogP contribution is -2.57. The predicted molar refractivity (Wildman–Crippen MR) is 128 cm³/mol. The van der Waals surface area contributed by atoms with Crippen LogP contribution in [0.1, 0.15) is 46.4 Å². The van der Waals surface area contributed by atoms with Crippen LogP contribution in [0.2, 0.25) is 0 Å². The van der Waals surface area contributed by atoms with Gasteiger partial charge in [-0.15, -0.1) is 0 Å². The van der Waals surface area contributed by atoms with Crippen LogP contribution in [-0.2, 0) is 14.3 Å². The minimum atomic E-state index is -1.26. The molecule has 0 saturated carbocycles. The molecule has 1 aromatic carbocycles. The number of anilines is 1. The average Bonchev–Trinajstić information content (AvgIpc) is 3.10. The van der Waals surface area contributed by atoms with Crippen molar-refractivity contribution in [2.45, 2.75) is 44.0 Å². The van der Waals surface area contributed by atoms with E-state index in [1.165, 1.54) is 0 Å². The molecule has 2 saturated heterocycles. The first-order valence-electron chi connectivity index (χ1n) is 12.3. The number of benzene rings is 1. The van der Waals surface area contributed by atoms with Gasteiger partial charge in [-0.05, 0) is 31.4 Å². The Bertz CT molecular complexity index is 920. The number of imide groups is 1. The number of carbonyl (C=O) groups excluding carboxylic acids is 3. The number of ether oxygens (including phenoxy) is 2. The molecule has 0 radical (unpaired) electrons. The van der Waals surface area contributed by atoms with Gasteiger partial charge in [0.15, 0.2) is 0 Å². The van der Waals surface area contributed by atoms with E-state index in [1.807, 2.05) is 6.07 Å². The lowest BCUT2D eigenvalue weighted by Gasteiger charge is -2.34. The van der Waals surface area contributed by atoms with Crippen LogP contribution < -0.4 is 16.4 Å². The van der Waals surface area contributed by atoms with E-state index in [9.17, 15) is 19.5 Å². The van der Waals surface area contributed by atoms with Crippen molar-refractivity contribution >= 4 is 23.4 Å². The number of aliphatic hydroxyl groups is 1. The van der Waals surface area contributed by atoms with Crippen molar-refractivity contribution in [1.29, 1.82) is 0 Å². The molecular weight excluding hydrogens is 454 g/mol. The lowest BCUT2D eigenvalue weighted by atomic mass is 10.0. The number of carbonyl (C=O) groups is 3. The third kappa shape index (κ3) is 5.99. The Kier molecular flexibility index (Phi) is 8.69. The van der Waals surface area contributed by atoms with Gasteiger partial charge in [-0.3, -0.25) is 19.3 Å². The van der Waals surface area contributed by atoms with E-state index >= 15 is 0 Å². The van der Waals surface area contributed by atoms with Gasteiger partial charge in [0.05, 0.1) is 43.6 Å². The fourth-order valence-corrected chi connectivity index (χ4v) is 4.89. The molecule has 4 rings (SSSR count). The highest BCUT2D eigenvalue weighted by atomic mass is 16.5. The summed E-state index contributed by atoms with van der Waals surface area (Å²) in [5.74, 6) is -1.16. The maximum Gasteiger partial charge on any atom is 0.264 e. The Hall–Kier alpha value is -2.57. The topological polar surface area (TPSA) is 146 Å². The highest BCUT2D eigenvalue weighted by molar-refractivity contribution is 6.24. The van der Waals surface area contributed by atoms with Gasteiger partial charge in [0.1, 0.15) is 6.23 Å². The number of nitrogens with zero attached hydrogens (tertiary/aromatic N) is 2. The summed E-state index contributed by atoms with van der Waals surface area (Å²) in [6, 6.07) is 4.63. The first-order valence-corrected chi connectivity index (χ1v) is 12.3. The van der Waals surface area contributed by atoms with Gasteiger partial charge in [0, 0.05) is 44.3 Å². The van der Waals surface area contributed by atoms with Gasteiger partial charge >= 0.3 is 0 Å². The molecule has 0 aromatic heterocycles. The van der Waals surface area contributed by atoms with E-state index in [0.29, 0.717) is 49.8 Å². The summed E-state index contributed by atoms with van der Waals surface area (Å²) in [6.45, 7) is 5.50. The van der Waals surface area contributed by atoms with Crippen molar-refractivity contribution in [3.8, 4) is 0 Å². The summed E-state index contributed by atoms with van der Waals surface area (Å²) in [5.41, 5.74) is 6.69. The number of piperidine rings is 2. The van der Waals surface area contributed by atoms with Gasteiger partial charge in [-0.2, -0.15) is 0 Å². The SMILES string of the molecule is NCCOCCOCCN1CCC(Nc2cccc3c2C(=O)N(C2CCC(=O)NC2O)C3=O)CC1. The minimum Gasteiger partial charge on any atom is -0.382 e. The molecular formula is C24H35N5O6. The minimum absolute atomic E-state index is 0.159. The van der Waals surface area contributed by atoms with E-state index in [-0.39, 0.29) is 24.8 Å². The number of likely N-dealkylation sites (tertiary alicyclic amines) is 1. The van der Waals surface area contributed by atoms with Crippen LogP contribution in [0, 0.1) is 0 Å². The molecule has 1 aromatic rings. The number of nitrogens with two attached hydrogens (primary N) is 1. The van der Waals surface area contributed by atoms with Crippen LogP contribution in [0.25, 0.3) is 0 Å². The molecule has 3 aliphatic heterocycles. The highest BCUT2D eigenvalue weighted by Crippen LogP contribution is 2.33. The standard InChI is InChI=1S/C24H35N5O6/c25-8-12-34-14-15-35-13-11-28-9-6-16(7-10-28)26-18-3-1-2-17-21(18)24(33)29(23(17)32)19-4-5-20(30)27-22(19)31/h1-3,16,19,22,26,31H,4-15,25H2,(H,27,30). The van der Waals surface area contributed by atoms with Crippen LogP contribution in [0.3, 0.4) is 0 Å². The van der Waals surface area contributed by atoms with Crippen LogP contribution >= 0.6 is 0 Å². The van der Waals surface area contributed by atoms with Gasteiger partial charge in [-0.1, -0.05) is 6.07 Å². The monoisotopic (exact) mass is 489 g/mol. The molecule has 5 N–H and O–H groups in total. The van der Waals surface area contributed by atoms with E-state index in [1.54, 1.807) is 12.1 Å². The molecule has 3 heterocycles. The second-order valence-electron chi connectivity index (χ2n) is 9.10. The first-order chi connectivity index (χ1) is 17.0. The summed E-state index contributed by atoms with van der Waals surface area (Å²) in [7, 11) is 0. The number of aliphatic hydroxyl groups excluding tert-OH is 1. The summed E-state index contributed by atoms with van der Waals surface area (Å²) in [4.78, 5) is 41.3. The molecule has 11 heteroatoms. The van der Waals surface area contributed by atoms with Crippen molar-refractivity contribution in [1.82, 2.24) is 15.1 Å². The second-order valence-corrected chi connectivity index (χ2v) is 9.10. The van der Waals surface area contributed by atoms with Gasteiger partial charge < -0.3 is 35.8 Å². The van der Waals surface area contributed by atoms with Crippen LogP contribution in [0.15, 0.2) is 18.2 Å². The zero-order chi connectivity index (χ0) is 24.8. The zero-order valence-electron chi connectivity index (χ0n) is 19.9. The first kappa shape index (κ1) is 25.5. The molecule has 192 valence electrons. The van der Waals surface area contributed by atoms with Crippen molar-refractivity contribution in [3.63, 3.8) is 0 Å². The zero-order valence-corrected chi connectivity index (χ0v) is 19.9.